The molecule has 0 unspecified atom stereocenters. The SMILES string of the molecule is CC(C)Oc1ccc(CNC(=O)[C@H](CCc2ccccc2)NC(=O)[C@@H](N)CC(=O)N(CCN)CCN)cc1. The van der Waals surface area contributed by atoms with E-state index in [9.17, 15) is 14.4 Å². The Hall–Kier alpha value is -3.47. The lowest BCUT2D eigenvalue weighted by molar-refractivity contribution is -0.135. The summed E-state index contributed by atoms with van der Waals surface area (Å²) in [4.78, 5) is 40.1. The largest absolute Gasteiger partial charge is 0.491 e. The van der Waals surface area contributed by atoms with Gasteiger partial charge >= 0.3 is 0 Å². The normalized spacial score (nSPS) is 12.5. The van der Waals surface area contributed by atoms with Gasteiger partial charge in [0.15, 0.2) is 0 Å². The molecule has 0 aromatic heterocycles. The van der Waals surface area contributed by atoms with Crippen LogP contribution in [0, 0.1) is 0 Å². The molecular formula is C28H42N6O4. The molecule has 3 amide bonds. The van der Waals surface area contributed by atoms with Crippen molar-refractivity contribution in [1.29, 1.82) is 0 Å². The van der Waals surface area contributed by atoms with Crippen LogP contribution in [0.2, 0.25) is 0 Å². The van der Waals surface area contributed by atoms with Crippen LogP contribution in [0.5, 0.6) is 5.75 Å². The average Bonchev–Trinajstić information content (AvgIpc) is 2.90. The summed E-state index contributed by atoms with van der Waals surface area (Å²) in [5.41, 5.74) is 19.1. The van der Waals surface area contributed by atoms with Crippen LogP contribution in [-0.2, 0) is 27.3 Å². The highest BCUT2D eigenvalue weighted by Gasteiger charge is 2.26. The molecule has 0 radical (unpaired) electrons. The van der Waals surface area contributed by atoms with Crippen LogP contribution < -0.4 is 32.6 Å². The van der Waals surface area contributed by atoms with Crippen molar-refractivity contribution in [2.45, 2.75) is 57.8 Å². The number of rotatable bonds is 16. The number of nitrogens with zero attached hydrogens (tertiary/aromatic N) is 1. The second-order valence-corrected chi connectivity index (χ2v) is 9.38. The van der Waals surface area contributed by atoms with E-state index in [0.717, 1.165) is 16.9 Å². The summed E-state index contributed by atoms with van der Waals surface area (Å²) in [6.45, 7) is 5.42. The molecule has 0 aliphatic rings. The number of hydrogen-bond acceptors (Lipinski definition) is 7. The minimum atomic E-state index is -1.11. The second kappa shape index (κ2) is 16.4. The van der Waals surface area contributed by atoms with Gasteiger partial charge in [-0.25, -0.2) is 0 Å². The van der Waals surface area contributed by atoms with Crippen LogP contribution in [0.15, 0.2) is 54.6 Å². The molecule has 0 saturated heterocycles. The fraction of sp³-hybridized carbons (Fsp3) is 0.464. The van der Waals surface area contributed by atoms with Gasteiger partial charge in [0.1, 0.15) is 11.8 Å². The number of aryl methyl sites for hydroxylation is 1. The van der Waals surface area contributed by atoms with Gasteiger partial charge in [-0.15, -0.1) is 0 Å². The molecule has 10 nitrogen and oxygen atoms in total. The summed E-state index contributed by atoms with van der Waals surface area (Å²) >= 11 is 0. The van der Waals surface area contributed by atoms with Crippen molar-refractivity contribution < 1.29 is 19.1 Å². The Morgan fingerprint density at radius 2 is 1.53 bits per heavy atom. The predicted octanol–water partition coefficient (Wildman–Crippen LogP) is 0.671. The highest BCUT2D eigenvalue weighted by molar-refractivity contribution is 5.92. The van der Waals surface area contributed by atoms with E-state index in [1.165, 1.54) is 4.90 Å². The third-order valence-corrected chi connectivity index (χ3v) is 5.84. The maximum Gasteiger partial charge on any atom is 0.242 e. The number of ether oxygens (including phenoxy) is 1. The second-order valence-electron chi connectivity index (χ2n) is 9.38. The summed E-state index contributed by atoms with van der Waals surface area (Å²) in [5, 5.41) is 5.64. The highest BCUT2D eigenvalue weighted by Crippen LogP contribution is 2.14. The summed E-state index contributed by atoms with van der Waals surface area (Å²) in [6, 6.07) is 15.2. The van der Waals surface area contributed by atoms with Crippen LogP contribution in [0.1, 0.15) is 37.8 Å². The van der Waals surface area contributed by atoms with E-state index in [1.54, 1.807) is 0 Å². The van der Waals surface area contributed by atoms with E-state index in [4.69, 9.17) is 21.9 Å². The van der Waals surface area contributed by atoms with E-state index in [1.807, 2.05) is 68.4 Å². The van der Waals surface area contributed by atoms with Crippen LogP contribution in [0.4, 0.5) is 0 Å². The van der Waals surface area contributed by atoms with E-state index < -0.39 is 18.0 Å². The average molecular weight is 527 g/mol. The molecule has 0 heterocycles. The molecular weight excluding hydrogens is 484 g/mol. The molecule has 0 bridgehead atoms. The molecule has 0 aliphatic heterocycles. The Labute approximate surface area is 225 Å². The van der Waals surface area contributed by atoms with Crippen molar-refractivity contribution >= 4 is 17.7 Å². The van der Waals surface area contributed by atoms with Crippen molar-refractivity contribution in [2.75, 3.05) is 26.2 Å². The first-order valence-corrected chi connectivity index (χ1v) is 13.0. The van der Waals surface area contributed by atoms with Crippen LogP contribution >= 0.6 is 0 Å². The standard InChI is InChI=1S/C28H42N6O4/c1-20(2)38-23-11-8-22(9-12-23)19-32-28(37)25(13-10-21-6-4-3-5-7-21)33-27(36)24(31)18-26(35)34(16-14-29)17-15-30/h3-9,11-12,20,24-25H,10,13-19,29-31H2,1-2H3,(H,32,37)(H,33,36)/t24-,25-/m0/s1. The van der Waals surface area contributed by atoms with Crippen LogP contribution in [0.3, 0.4) is 0 Å². The molecule has 2 rings (SSSR count). The third kappa shape index (κ3) is 10.9. The summed E-state index contributed by atoms with van der Waals surface area (Å²) in [7, 11) is 0. The smallest absolute Gasteiger partial charge is 0.242 e. The first-order chi connectivity index (χ1) is 18.2. The lowest BCUT2D eigenvalue weighted by atomic mass is 10.0. The number of carbonyl (C=O) groups is 3. The Bertz CT molecular complexity index is 994. The van der Waals surface area contributed by atoms with Gasteiger partial charge in [0.05, 0.1) is 18.6 Å². The molecule has 2 atom stereocenters. The van der Waals surface area contributed by atoms with Crippen LogP contribution in [-0.4, -0.2) is 67.0 Å². The highest BCUT2D eigenvalue weighted by atomic mass is 16.5. The zero-order valence-electron chi connectivity index (χ0n) is 22.4. The number of benzene rings is 2. The van der Waals surface area contributed by atoms with Gasteiger partial charge in [-0.2, -0.15) is 0 Å². The van der Waals surface area contributed by atoms with Crippen molar-refractivity contribution in [1.82, 2.24) is 15.5 Å². The molecule has 0 aliphatic carbocycles. The lowest BCUT2D eigenvalue weighted by Gasteiger charge is -2.24. The quantitative estimate of drug-likeness (QED) is 0.214. The number of nitrogens with two attached hydrogens (primary N) is 3. The number of nitrogens with one attached hydrogen (secondary N) is 2. The zero-order valence-corrected chi connectivity index (χ0v) is 22.4. The molecule has 2 aromatic rings. The summed E-state index contributed by atoms with van der Waals surface area (Å²) in [5.74, 6) is -0.452. The van der Waals surface area contributed by atoms with Gasteiger partial charge in [0.25, 0.3) is 0 Å². The van der Waals surface area contributed by atoms with Gasteiger partial charge in [-0.1, -0.05) is 42.5 Å². The molecule has 10 heteroatoms. The summed E-state index contributed by atoms with van der Waals surface area (Å²) in [6.07, 6.45) is 0.815. The lowest BCUT2D eigenvalue weighted by Crippen LogP contribution is -2.53. The molecule has 0 saturated carbocycles. The van der Waals surface area contributed by atoms with Crippen molar-refractivity contribution in [2.24, 2.45) is 17.2 Å². The topological polar surface area (TPSA) is 166 Å². The van der Waals surface area contributed by atoms with E-state index in [0.29, 0.717) is 25.9 Å². The fourth-order valence-corrected chi connectivity index (χ4v) is 3.86. The number of amides is 3. The molecule has 208 valence electrons. The summed E-state index contributed by atoms with van der Waals surface area (Å²) < 4.78 is 5.66. The maximum atomic E-state index is 13.1. The first kappa shape index (κ1) is 30.8. The van der Waals surface area contributed by atoms with Gasteiger partial charge < -0.3 is 37.5 Å². The minimum absolute atomic E-state index is 0.0700. The predicted molar refractivity (Wildman–Crippen MR) is 148 cm³/mol. The molecule has 8 N–H and O–H groups in total. The number of hydrogen-bond donors (Lipinski definition) is 5. The van der Waals surface area contributed by atoms with Crippen molar-refractivity contribution in [3.05, 3.63) is 65.7 Å². The zero-order chi connectivity index (χ0) is 27.9. The Kier molecular flexibility index (Phi) is 13.3. The van der Waals surface area contributed by atoms with Gasteiger partial charge in [-0.3, -0.25) is 14.4 Å². The molecule has 0 spiro atoms. The van der Waals surface area contributed by atoms with Gasteiger partial charge in [0.2, 0.25) is 17.7 Å². The molecule has 0 fully saturated rings. The van der Waals surface area contributed by atoms with E-state index >= 15 is 0 Å². The van der Waals surface area contributed by atoms with E-state index in [-0.39, 0.29) is 44.0 Å². The van der Waals surface area contributed by atoms with Gasteiger partial charge in [-0.05, 0) is 49.9 Å². The van der Waals surface area contributed by atoms with Crippen molar-refractivity contribution in [3.63, 3.8) is 0 Å². The first-order valence-electron chi connectivity index (χ1n) is 13.0. The maximum absolute atomic E-state index is 13.1. The van der Waals surface area contributed by atoms with Crippen LogP contribution in [0.25, 0.3) is 0 Å². The van der Waals surface area contributed by atoms with E-state index in [2.05, 4.69) is 10.6 Å². The van der Waals surface area contributed by atoms with Gasteiger partial charge in [0, 0.05) is 32.7 Å². The fourth-order valence-electron chi connectivity index (χ4n) is 3.86. The third-order valence-electron chi connectivity index (χ3n) is 5.84. The Morgan fingerprint density at radius 3 is 2.11 bits per heavy atom. The van der Waals surface area contributed by atoms with Crippen molar-refractivity contribution in [3.8, 4) is 5.75 Å². The molecule has 2 aromatic carbocycles. The molecule has 38 heavy (non-hydrogen) atoms. The number of carbonyl (C=O) groups excluding carboxylic acids is 3. The minimum Gasteiger partial charge on any atom is -0.491 e. The monoisotopic (exact) mass is 526 g/mol. The Balaban J connectivity index is 2.02. The Morgan fingerprint density at radius 1 is 0.895 bits per heavy atom.